The Balaban J connectivity index is 1.88. The summed E-state index contributed by atoms with van der Waals surface area (Å²) in [5.41, 5.74) is -0.820. The minimum Gasteiger partial charge on any atom is -0.341 e. The molecule has 126 valence electrons. The van der Waals surface area contributed by atoms with E-state index in [9.17, 15) is 22.0 Å². The molecule has 1 aliphatic carbocycles. The van der Waals surface area contributed by atoms with Crippen LogP contribution in [0.25, 0.3) is 0 Å². The Kier molecular flexibility index (Phi) is 3.92. The Bertz CT molecular complexity index is 747. The molecule has 1 aromatic carbocycles. The maximum absolute atomic E-state index is 14.2. The molecule has 5 nitrogen and oxygen atoms in total. The number of hydrogen-bond donors (Lipinski definition) is 1. The molecule has 0 spiro atoms. The molecule has 1 saturated heterocycles. The topological polar surface area (TPSA) is 80.5 Å². The first-order chi connectivity index (χ1) is 10.7. The summed E-state index contributed by atoms with van der Waals surface area (Å²) < 4.78 is 50.1. The van der Waals surface area contributed by atoms with E-state index in [1.807, 2.05) is 0 Å². The van der Waals surface area contributed by atoms with E-state index in [4.69, 9.17) is 5.14 Å². The van der Waals surface area contributed by atoms with Crippen molar-refractivity contribution in [3.05, 3.63) is 35.4 Å². The van der Waals surface area contributed by atoms with Crippen molar-refractivity contribution in [2.24, 2.45) is 5.14 Å². The summed E-state index contributed by atoms with van der Waals surface area (Å²) in [6.07, 6.45) is 2.01. The van der Waals surface area contributed by atoms with Gasteiger partial charge in [0, 0.05) is 24.7 Å². The number of carbonyl (C=O) groups is 1. The second-order valence-electron chi connectivity index (χ2n) is 6.31. The summed E-state index contributed by atoms with van der Waals surface area (Å²) in [4.78, 5) is 14.3. The number of benzene rings is 1. The highest BCUT2D eigenvalue weighted by Crippen LogP contribution is 2.46. The van der Waals surface area contributed by atoms with Crippen molar-refractivity contribution in [2.75, 3.05) is 13.1 Å². The maximum Gasteiger partial charge on any atom is 0.233 e. The lowest BCUT2D eigenvalue weighted by molar-refractivity contribution is -0.139. The van der Waals surface area contributed by atoms with Crippen molar-refractivity contribution in [3.63, 3.8) is 0 Å². The Hall–Kier alpha value is -1.54. The van der Waals surface area contributed by atoms with Gasteiger partial charge in [0.05, 0.1) is 10.7 Å². The molecule has 3 rings (SSSR count). The van der Waals surface area contributed by atoms with Gasteiger partial charge in [-0.15, -0.1) is 0 Å². The number of amides is 1. The van der Waals surface area contributed by atoms with Crippen LogP contribution >= 0.6 is 0 Å². The summed E-state index contributed by atoms with van der Waals surface area (Å²) in [6.45, 7) is 0.312. The number of likely N-dealkylation sites (tertiary alicyclic amines) is 1. The fourth-order valence-electron chi connectivity index (χ4n) is 3.49. The normalized spacial score (nSPS) is 23.6. The quantitative estimate of drug-likeness (QED) is 0.897. The predicted octanol–water partition coefficient (Wildman–Crippen LogP) is 1.28. The Morgan fingerprint density at radius 1 is 1.30 bits per heavy atom. The Labute approximate surface area is 133 Å². The van der Waals surface area contributed by atoms with Gasteiger partial charge >= 0.3 is 0 Å². The molecule has 0 radical (unpaired) electrons. The van der Waals surface area contributed by atoms with Gasteiger partial charge in [0.25, 0.3) is 0 Å². The lowest BCUT2D eigenvalue weighted by Gasteiger charge is -2.43. The number of sulfonamides is 1. The molecule has 2 N–H and O–H groups in total. The van der Waals surface area contributed by atoms with Crippen molar-refractivity contribution < 1.29 is 22.0 Å². The second-order valence-corrected chi connectivity index (χ2v) is 8.16. The van der Waals surface area contributed by atoms with Gasteiger partial charge in [-0.25, -0.2) is 22.3 Å². The van der Waals surface area contributed by atoms with Crippen molar-refractivity contribution in [1.29, 1.82) is 0 Å². The van der Waals surface area contributed by atoms with E-state index in [0.29, 0.717) is 12.8 Å². The van der Waals surface area contributed by atoms with Crippen LogP contribution in [0, 0.1) is 11.6 Å². The third kappa shape index (κ3) is 2.74. The number of nitrogens with zero attached hydrogens (tertiary/aromatic N) is 1. The second kappa shape index (κ2) is 5.52. The minimum absolute atomic E-state index is 0.0300. The van der Waals surface area contributed by atoms with E-state index in [0.717, 1.165) is 18.6 Å². The van der Waals surface area contributed by atoms with E-state index < -0.39 is 32.3 Å². The zero-order valence-corrected chi connectivity index (χ0v) is 13.3. The molecule has 0 bridgehead atoms. The highest BCUT2D eigenvalue weighted by Gasteiger charge is 2.50. The lowest BCUT2D eigenvalue weighted by Crippen LogP contribution is -2.51. The number of carbonyl (C=O) groups excluding carboxylic acids is 1. The number of hydrogen-bond acceptors (Lipinski definition) is 3. The van der Waals surface area contributed by atoms with Gasteiger partial charge in [-0.3, -0.25) is 4.79 Å². The van der Waals surface area contributed by atoms with Gasteiger partial charge < -0.3 is 4.90 Å². The van der Waals surface area contributed by atoms with E-state index in [-0.39, 0.29) is 31.0 Å². The summed E-state index contributed by atoms with van der Waals surface area (Å²) >= 11 is 0. The van der Waals surface area contributed by atoms with Gasteiger partial charge in [-0.05, 0) is 25.3 Å². The number of nitrogens with two attached hydrogens (primary N) is 1. The van der Waals surface area contributed by atoms with Crippen LogP contribution in [0.3, 0.4) is 0 Å². The molecule has 1 aromatic rings. The molecular formula is C15H18F2N2O3S. The third-order valence-electron chi connectivity index (χ3n) is 4.96. The zero-order valence-electron chi connectivity index (χ0n) is 12.5. The lowest BCUT2D eigenvalue weighted by atomic mass is 9.63. The monoisotopic (exact) mass is 344 g/mol. The molecule has 1 unspecified atom stereocenters. The highest BCUT2D eigenvalue weighted by molar-refractivity contribution is 7.89. The summed E-state index contributed by atoms with van der Waals surface area (Å²) in [7, 11) is -3.70. The molecule has 0 aromatic heterocycles. The van der Waals surface area contributed by atoms with Gasteiger partial charge in [-0.1, -0.05) is 12.5 Å². The highest BCUT2D eigenvalue weighted by atomic mass is 32.2. The Morgan fingerprint density at radius 3 is 2.48 bits per heavy atom. The van der Waals surface area contributed by atoms with Gasteiger partial charge in [0.15, 0.2) is 0 Å². The molecule has 2 fully saturated rings. The van der Waals surface area contributed by atoms with Crippen LogP contribution in [-0.2, 0) is 20.2 Å². The molecule has 1 aliphatic heterocycles. The van der Waals surface area contributed by atoms with Crippen molar-refractivity contribution in [1.82, 2.24) is 4.90 Å². The first-order valence-electron chi connectivity index (χ1n) is 7.50. The fraction of sp³-hybridized carbons (Fsp3) is 0.533. The molecule has 2 aliphatic rings. The van der Waals surface area contributed by atoms with Crippen LogP contribution in [-0.4, -0.2) is 37.6 Å². The van der Waals surface area contributed by atoms with Crippen LogP contribution in [0.4, 0.5) is 8.78 Å². The standard InChI is InChI=1S/C15H18F2N2O3S/c16-10-2-3-12(13(17)8-10)15(5-1-6-15)14(20)19-7-4-11(9-19)23(18,21)22/h2-3,8,11H,1,4-7,9H2,(H2,18,21,22). The average Bonchev–Trinajstić information content (AvgIpc) is 2.89. The Morgan fingerprint density at radius 2 is 2.00 bits per heavy atom. The van der Waals surface area contributed by atoms with Crippen LogP contribution in [0.2, 0.25) is 0 Å². The van der Waals surface area contributed by atoms with Crippen molar-refractivity contribution in [3.8, 4) is 0 Å². The predicted molar refractivity (Wildman–Crippen MR) is 80.0 cm³/mol. The third-order valence-corrected chi connectivity index (χ3v) is 6.27. The molecule has 1 heterocycles. The molecular weight excluding hydrogens is 326 g/mol. The smallest absolute Gasteiger partial charge is 0.233 e. The van der Waals surface area contributed by atoms with E-state index in [1.165, 1.54) is 11.0 Å². The maximum atomic E-state index is 14.2. The van der Waals surface area contributed by atoms with Crippen LogP contribution in [0.5, 0.6) is 0 Å². The number of primary sulfonamides is 1. The molecule has 8 heteroatoms. The summed E-state index contributed by atoms with van der Waals surface area (Å²) in [5.74, 6) is -1.72. The van der Waals surface area contributed by atoms with Crippen LogP contribution in [0.15, 0.2) is 18.2 Å². The van der Waals surface area contributed by atoms with Gasteiger partial charge in [0.2, 0.25) is 15.9 Å². The van der Waals surface area contributed by atoms with Crippen LogP contribution < -0.4 is 5.14 Å². The first kappa shape index (κ1) is 16.3. The molecule has 23 heavy (non-hydrogen) atoms. The fourth-order valence-corrected chi connectivity index (χ4v) is 4.31. The zero-order chi connectivity index (χ0) is 16.8. The molecule has 1 amide bonds. The first-order valence-corrected chi connectivity index (χ1v) is 9.11. The van der Waals surface area contributed by atoms with Crippen molar-refractivity contribution in [2.45, 2.75) is 36.3 Å². The SMILES string of the molecule is NS(=O)(=O)C1CCN(C(=O)C2(c3ccc(F)cc3F)CCC2)C1. The average molecular weight is 344 g/mol. The summed E-state index contributed by atoms with van der Waals surface area (Å²) in [5, 5.41) is 4.37. The van der Waals surface area contributed by atoms with E-state index >= 15 is 0 Å². The number of halogens is 2. The van der Waals surface area contributed by atoms with E-state index in [2.05, 4.69) is 0 Å². The molecule has 1 saturated carbocycles. The minimum atomic E-state index is -3.70. The number of rotatable bonds is 3. The van der Waals surface area contributed by atoms with Crippen molar-refractivity contribution >= 4 is 15.9 Å². The van der Waals surface area contributed by atoms with Gasteiger partial charge in [0.1, 0.15) is 11.6 Å². The van der Waals surface area contributed by atoms with Gasteiger partial charge in [-0.2, -0.15) is 0 Å². The molecule has 1 atom stereocenters. The van der Waals surface area contributed by atoms with Crippen LogP contribution in [0.1, 0.15) is 31.2 Å². The largest absolute Gasteiger partial charge is 0.341 e. The summed E-state index contributed by atoms with van der Waals surface area (Å²) in [6, 6.07) is 3.23. The van der Waals surface area contributed by atoms with E-state index in [1.54, 1.807) is 0 Å².